The van der Waals surface area contributed by atoms with E-state index in [-0.39, 0.29) is 18.4 Å². The summed E-state index contributed by atoms with van der Waals surface area (Å²) in [7, 11) is 1.56. The smallest absolute Gasteiger partial charge is 0.262 e. The molecule has 0 aliphatic rings. The summed E-state index contributed by atoms with van der Waals surface area (Å²) in [5, 5.41) is 7.44. The number of carbonyl (C=O) groups is 2. The molecule has 0 unspecified atom stereocenters. The summed E-state index contributed by atoms with van der Waals surface area (Å²) >= 11 is 3.45. The van der Waals surface area contributed by atoms with E-state index in [1.165, 1.54) is 0 Å². The Morgan fingerprint density at radius 3 is 2.56 bits per heavy atom. The van der Waals surface area contributed by atoms with Gasteiger partial charge in [0.1, 0.15) is 5.75 Å². The minimum absolute atomic E-state index is 0.150. The number of amides is 2. The molecule has 3 aromatic rings. The first kappa shape index (κ1) is 18.9. The highest BCUT2D eigenvalue weighted by atomic mass is 79.9. The van der Waals surface area contributed by atoms with Gasteiger partial charge in [-0.25, -0.2) is 0 Å². The van der Waals surface area contributed by atoms with E-state index in [1.807, 2.05) is 49.4 Å². The molecule has 138 valence electrons. The molecule has 0 aliphatic carbocycles. The molecule has 2 amide bonds. The van der Waals surface area contributed by atoms with E-state index in [9.17, 15) is 9.59 Å². The van der Waals surface area contributed by atoms with Crippen molar-refractivity contribution < 1.29 is 14.3 Å². The highest BCUT2D eigenvalue weighted by molar-refractivity contribution is 9.10. The van der Waals surface area contributed by atoms with Gasteiger partial charge in [-0.1, -0.05) is 40.2 Å². The number of benzene rings is 3. The fourth-order valence-corrected chi connectivity index (χ4v) is 3.20. The van der Waals surface area contributed by atoms with Crippen LogP contribution in [-0.4, -0.2) is 25.5 Å². The summed E-state index contributed by atoms with van der Waals surface area (Å²) in [4.78, 5) is 24.4. The largest absolute Gasteiger partial charge is 0.484 e. The number of halogens is 1. The fourth-order valence-electron chi connectivity index (χ4n) is 2.82. The first-order chi connectivity index (χ1) is 13.0. The van der Waals surface area contributed by atoms with Crippen LogP contribution >= 0.6 is 15.9 Å². The van der Waals surface area contributed by atoms with E-state index in [2.05, 4.69) is 26.6 Å². The molecule has 0 spiro atoms. The van der Waals surface area contributed by atoms with Crippen LogP contribution in [0.2, 0.25) is 0 Å². The first-order valence-electron chi connectivity index (χ1n) is 8.41. The van der Waals surface area contributed by atoms with E-state index in [0.717, 1.165) is 20.8 Å². The molecule has 0 saturated carbocycles. The summed E-state index contributed by atoms with van der Waals surface area (Å²) in [5.74, 6) is 0.0300. The molecule has 0 aromatic heterocycles. The first-order valence-corrected chi connectivity index (χ1v) is 9.21. The molecule has 3 aromatic carbocycles. The number of ether oxygens (including phenoxy) is 1. The van der Waals surface area contributed by atoms with Gasteiger partial charge in [0.15, 0.2) is 6.61 Å². The molecule has 0 fully saturated rings. The maximum absolute atomic E-state index is 12.3. The van der Waals surface area contributed by atoms with Crippen molar-refractivity contribution in [2.75, 3.05) is 19.0 Å². The van der Waals surface area contributed by atoms with Crippen LogP contribution in [-0.2, 0) is 4.79 Å². The number of anilines is 1. The Hall–Kier alpha value is -2.86. The summed E-state index contributed by atoms with van der Waals surface area (Å²) in [6, 6.07) is 16.9. The predicted octanol–water partition coefficient (Wildman–Crippen LogP) is 4.29. The van der Waals surface area contributed by atoms with Gasteiger partial charge in [0.2, 0.25) is 0 Å². The van der Waals surface area contributed by atoms with Gasteiger partial charge in [-0.05, 0) is 53.6 Å². The van der Waals surface area contributed by atoms with Crippen molar-refractivity contribution in [2.45, 2.75) is 6.92 Å². The Kier molecular flexibility index (Phi) is 5.76. The summed E-state index contributed by atoms with van der Waals surface area (Å²) < 4.78 is 6.62. The second-order valence-electron chi connectivity index (χ2n) is 6.07. The number of rotatable bonds is 5. The van der Waals surface area contributed by atoms with Crippen molar-refractivity contribution in [2.24, 2.45) is 0 Å². The van der Waals surface area contributed by atoms with Gasteiger partial charge in [-0.3, -0.25) is 9.59 Å². The number of nitrogens with one attached hydrogen (secondary N) is 2. The average Bonchev–Trinajstić information content (AvgIpc) is 2.66. The van der Waals surface area contributed by atoms with Crippen LogP contribution in [0, 0.1) is 6.92 Å². The summed E-state index contributed by atoms with van der Waals surface area (Å²) in [6.07, 6.45) is 0. The fraction of sp³-hybridized carbons (Fsp3) is 0.143. The van der Waals surface area contributed by atoms with Crippen LogP contribution in [0.25, 0.3) is 10.8 Å². The van der Waals surface area contributed by atoms with Gasteiger partial charge in [0.25, 0.3) is 11.8 Å². The van der Waals surface area contributed by atoms with Crippen LogP contribution in [0.15, 0.2) is 59.1 Å². The molecule has 0 aliphatic heterocycles. The Bertz CT molecular complexity index is 1020. The molecule has 0 bridgehead atoms. The van der Waals surface area contributed by atoms with Gasteiger partial charge in [0.05, 0.1) is 11.3 Å². The van der Waals surface area contributed by atoms with Crippen molar-refractivity contribution in [3.05, 3.63) is 70.2 Å². The monoisotopic (exact) mass is 426 g/mol. The average molecular weight is 427 g/mol. The molecule has 0 heterocycles. The highest BCUT2D eigenvalue weighted by Gasteiger charge is 2.15. The molecule has 6 heteroatoms. The van der Waals surface area contributed by atoms with Gasteiger partial charge in [-0.2, -0.15) is 0 Å². The third-order valence-corrected chi connectivity index (χ3v) is 4.64. The normalized spacial score (nSPS) is 10.5. The number of fused-ring (bicyclic) bond motifs is 1. The van der Waals surface area contributed by atoms with E-state index in [1.54, 1.807) is 19.2 Å². The Balaban J connectivity index is 1.69. The van der Waals surface area contributed by atoms with Crippen LogP contribution in [0.5, 0.6) is 5.75 Å². The molecule has 5 nitrogen and oxygen atoms in total. The molecule has 3 rings (SSSR count). The van der Waals surface area contributed by atoms with Gasteiger partial charge in [-0.15, -0.1) is 0 Å². The van der Waals surface area contributed by atoms with E-state index < -0.39 is 0 Å². The van der Waals surface area contributed by atoms with E-state index in [0.29, 0.717) is 17.0 Å². The molecular weight excluding hydrogens is 408 g/mol. The van der Waals surface area contributed by atoms with Crippen LogP contribution in [0.4, 0.5) is 5.69 Å². The van der Waals surface area contributed by atoms with Crippen molar-refractivity contribution in [3.63, 3.8) is 0 Å². The van der Waals surface area contributed by atoms with E-state index in [4.69, 9.17) is 4.74 Å². The summed E-state index contributed by atoms with van der Waals surface area (Å²) in [5.41, 5.74) is 1.70. The van der Waals surface area contributed by atoms with Gasteiger partial charge < -0.3 is 15.4 Å². The topological polar surface area (TPSA) is 67.4 Å². The third kappa shape index (κ3) is 4.46. The van der Waals surface area contributed by atoms with Crippen molar-refractivity contribution in [1.82, 2.24) is 5.32 Å². The second-order valence-corrected chi connectivity index (χ2v) is 6.98. The lowest BCUT2D eigenvalue weighted by atomic mass is 10.1. The van der Waals surface area contributed by atoms with Gasteiger partial charge >= 0.3 is 0 Å². The van der Waals surface area contributed by atoms with Crippen LogP contribution in [0.3, 0.4) is 0 Å². The molecule has 2 N–H and O–H groups in total. The van der Waals surface area contributed by atoms with Crippen molar-refractivity contribution in [1.29, 1.82) is 0 Å². The van der Waals surface area contributed by atoms with Crippen LogP contribution < -0.4 is 15.4 Å². The molecule has 0 radical (unpaired) electrons. The maximum Gasteiger partial charge on any atom is 0.262 e. The van der Waals surface area contributed by atoms with Crippen molar-refractivity contribution in [3.8, 4) is 5.75 Å². The number of aryl methyl sites for hydroxylation is 1. The van der Waals surface area contributed by atoms with Crippen LogP contribution in [0.1, 0.15) is 15.9 Å². The Morgan fingerprint density at radius 2 is 1.78 bits per heavy atom. The zero-order chi connectivity index (χ0) is 19.4. The summed E-state index contributed by atoms with van der Waals surface area (Å²) in [6.45, 7) is 1.67. The lowest BCUT2D eigenvalue weighted by Crippen LogP contribution is -2.25. The Labute approximate surface area is 165 Å². The maximum atomic E-state index is 12.3. The third-order valence-electron chi connectivity index (χ3n) is 4.14. The Morgan fingerprint density at radius 1 is 1.04 bits per heavy atom. The number of hydrogen-bond donors (Lipinski definition) is 2. The van der Waals surface area contributed by atoms with Crippen molar-refractivity contribution >= 4 is 44.2 Å². The lowest BCUT2D eigenvalue weighted by Gasteiger charge is -2.13. The highest BCUT2D eigenvalue weighted by Crippen LogP contribution is 2.24. The quantitative estimate of drug-likeness (QED) is 0.639. The lowest BCUT2D eigenvalue weighted by molar-refractivity contribution is -0.118. The minimum atomic E-state index is -0.332. The van der Waals surface area contributed by atoms with E-state index >= 15 is 0 Å². The molecule has 0 saturated heterocycles. The zero-order valence-corrected chi connectivity index (χ0v) is 16.6. The molecular formula is C21H19BrN2O3. The second kappa shape index (κ2) is 8.22. The minimum Gasteiger partial charge on any atom is -0.484 e. The van der Waals surface area contributed by atoms with Gasteiger partial charge in [0, 0.05) is 11.5 Å². The number of hydrogen-bond acceptors (Lipinski definition) is 3. The predicted molar refractivity (Wildman–Crippen MR) is 110 cm³/mol. The standard InChI is InChI=1S/C21H19BrN2O3/c1-13-4-3-5-18(20(13)21(26)23-2)24-19(25)12-27-17-9-7-14-10-16(22)8-6-15(14)11-17/h3-11H,12H2,1-2H3,(H,23,26)(H,24,25). The molecule has 0 atom stereocenters. The zero-order valence-electron chi connectivity index (χ0n) is 15.0. The SMILES string of the molecule is CNC(=O)c1c(C)cccc1NC(=O)COc1ccc2cc(Br)ccc2c1. The molecule has 27 heavy (non-hydrogen) atoms. The number of carbonyl (C=O) groups excluding carboxylic acids is 2.